The van der Waals surface area contributed by atoms with Gasteiger partial charge in [-0.3, -0.25) is 0 Å². The van der Waals surface area contributed by atoms with Gasteiger partial charge in [-0.25, -0.2) is 0 Å². The van der Waals surface area contributed by atoms with Gasteiger partial charge in [-0.1, -0.05) is 12.1 Å². The molecule has 0 aliphatic carbocycles. The highest BCUT2D eigenvalue weighted by molar-refractivity contribution is 5.65. The fourth-order valence-electron chi connectivity index (χ4n) is 2.92. The SMILES string of the molecule is CC[NH+]1CCN(c2oc(-c3ccccc3OC)nc2C#N)CC1. The van der Waals surface area contributed by atoms with Crippen LogP contribution in [0.15, 0.2) is 28.7 Å². The number of nitrogens with zero attached hydrogens (tertiary/aromatic N) is 3. The molecule has 0 unspecified atom stereocenters. The van der Waals surface area contributed by atoms with Crippen LogP contribution in [0.4, 0.5) is 5.88 Å². The molecule has 3 rings (SSSR count). The van der Waals surface area contributed by atoms with Crippen LogP contribution in [0, 0.1) is 11.3 Å². The summed E-state index contributed by atoms with van der Waals surface area (Å²) >= 11 is 0. The third-order valence-corrected chi connectivity index (χ3v) is 4.31. The summed E-state index contributed by atoms with van der Waals surface area (Å²) in [5.41, 5.74) is 1.10. The van der Waals surface area contributed by atoms with Crippen LogP contribution >= 0.6 is 0 Å². The van der Waals surface area contributed by atoms with Crippen LogP contribution in [0.5, 0.6) is 5.75 Å². The van der Waals surface area contributed by atoms with Crippen molar-refractivity contribution in [3.8, 4) is 23.3 Å². The Morgan fingerprint density at radius 2 is 2.09 bits per heavy atom. The van der Waals surface area contributed by atoms with Crippen molar-refractivity contribution in [2.45, 2.75) is 6.92 Å². The van der Waals surface area contributed by atoms with E-state index in [-0.39, 0.29) is 0 Å². The van der Waals surface area contributed by atoms with Gasteiger partial charge < -0.3 is 19.0 Å². The fourth-order valence-corrected chi connectivity index (χ4v) is 2.92. The summed E-state index contributed by atoms with van der Waals surface area (Å²) in [5, 5.41) is 9.40. The number of piperazine rings is 1. The summed E-state index contributed by atoms with van der Waals surface area (Å²) in [4.78, 5) is 8.05. The second kappa shape index (κ2) is 6.71. The zero-order valence-electron chi connectivity index (χ0n) is 13.5. The standard InChI is InChI=1S/C17H20N4O2/c1-3-20-8-10-21(11-9-20)17-14(12-18)19-16(23-17)13-6-4-5-7-15(13)22-2/h4-7H,3,8-11H2,1-2H3/p+1. The smallest absolute Gasteiger partial charge is 0.235 e. The predicted octanol–water partition coefficient (Wildman–Crippen LogP) is 0.947. The number of quaternary nitrogens is 1. The van der Waals surface area contributed by atoms with E-state index in [1.54, 1.807) is 12.0 Å². The molecule has 1 N–H and O–H groups in total. The molecule has 1 aromatic heterocycles. The lowest BCUT2D eigenvalue weighted by atomic mass is 10.2. The molecule has 23 heavy (non-hydrogen) atoms. The summed E-state index contributed by atoms with van der Waals surface area (Å²) in [7, 11) is 1.61. The molecule has 120 valence electrons. The maximum atomic E-state index is 9.40. The molecule has 1 aliphatic rings. The maximum absolute atomic E-state index is 9.40. The number of anilines is 1. The van der Waals surface area contributed by atoms with Gasteiger partial charge in [-0.2, -0.15) is 10.2 Å². The highest BCUT2D eigenvalue weighted by Crippen LogP contribution is 2.33. The number of aromatic nitrogens is 1. The van der Waals surface area contributed by atoms with Crippen molar-refractivity contribution >= 4 is 5.88 Å². The van der Waals surface area contributed by atoms with E-state index >= 15 is 0 Å². The average molecular weight is 313 g/mol. The van der Waals surface area contributed by atoms with Crippen LogP contribution in [-0.2, 0) is 0 Å². The number of hydrogen-bond donors (Lipinski definition) is 1. The largest absolute Gasteiger partial charge is 0.496 e. The third-order valence-electron chi connectivity index (χ3n) is 4.31. The van der Waals surface area contributed by atoms with E-state index in [1.807, 2.05) is 24.3 Å². The molecular weight excluding hydrogens is 292 g/mol. The molecular formula is C17H21N4O2+. The normalized spacial score (nSPS) is 15.4. The van der Waals surface area contributed by atoms with Gasteiger partial charge in [0.1, 0.15) is 11.8 Å². The third kappa shape index (κ3) is 3.01. The van der Waals surface area contributed by atoms with E-state index in [2.05, 4.69) is 22.9 Å². The number of benzene rings is 1. The number of para-hydroxylation sites is 1. The van der Waals surface area contributed by atoms with E-state index in [1.165, 1.54) is 0 Å². The zero-order chi connectivity index (χ0) is 16.2. The first-order valence-electron chi connectivity index (χ1n) is 7.89. The second-order valence-corrected chi connectivity index (χ2v) is 5.58. The monoisotopic (exact) mass is 313 g/mol. The van der Waals surface area contributed by atoms with Crippen LogP contribution in [0.25, 0.3) is 11.5 Å². The molecule has 0 bridgehead atoms. The summed E-state index contributed by atoms with van der Waals surface area (Å²) in [6.45, 7) is 7.16. The molecule has 1 saturated heterocycles. The van der Waals surface area contributed by atoms with Crippen molar-refractivity contribution < 1.29 is 14.1 Å². The number of likely N-dealkylation sites (N-methyl/N-ethyl adjacent to an activating group) is 1. The number of hydrogen-bond acceptors (Lipinski definition) is 5. The van der Waals surface area contributed by atoms with Gasteiger partial charge in [0.2, 0.25) is 17.5 Å². The van der Waals surface area contributed by atoms with E-state index in [0.717, 1.165) is 38.3 Å². The average Bonchev–Trinajstić information content (AvgIpc) is 3.06. The Morgan fingerprint density at radius 3 is 2.74 bits per heavy atom. The molecule has 2 heterocycles. The van der Waals surface area contributed by atoms with Gasteiger partial charge in [0.25, 0.3) is 0 Å². The van der Waals surface area contributed by atoms with Crippen molar-refractivity contribution in [3.05, 3.63) is 30.0 Å². The van der Waals surface area contributed by atoms with Crippen molar-refractivity contribution in [3.63, 3.8) is 0 Å². The molecule has 0 atom stereocenters. The first-order chi connectivity index (χ1) is 11.3. The van der Waals surface area contributed by atoms with Crippen LogP contribution in [-0.4, -0.2) is 44.8 Å². The summed E-state index contributed by atoms with van der Waals surface area (Å²) in [6.07, 6.45) is 0. The molecule has 0 radical (unpaired) electrons. The molecule has 0 spiro atoms. The van der Waals surface area contributed by atoms with Crippen molar-refractivity contribution in [2.75, 3.05) is 44.7 Å². The van der Waals surface area contributed by atoms with Crippen molar-refractivity contribution in [1.29, 1.82) is 5.26 Å². The summed E-state index contributed by atoms with van der Waals surface area (Å²) < 4.78 is 11.3. The topological polar surface area (TPSA) is 66.7 Å². The van der Waals surface area contributed by atoms with Crippen molar-refractivity contribution in [2.24, 2.45) is 0 Å². The highest BCUT2D eigenvalue weighted by atomic mass is 16.5. The minimum atomic E-state index is 0.339. The number of rotatable bonds is 4. The Labute approximate surface area is 135 Å². The minimum Gasteiger partial charge on any atom is -0.496 e. The molecule has 6 heteroatoms. The molecule has 0 saturated carbocycles. The van der Waals surface area contributed by atoms with Crippen LogP contribution in [0.2, 0.25) is 0 Å². The molecule has 0 amide bonds. The van der Waals surface area contributed by atoms with Crippen molar-refractivity contribution in [1.82, 2.24) is 4.98 Å². The van der Waals surface area contributed by atoms with Gasteiger partial charge in [0.15, 0.2) is 0 Å². The van der Waals surface area contributed by atoms with Gasteiger partial charge in [0.05, 0.1) is 45.4 Å². The van der Waals surface area contributed by atoms with E-state index in [4.69, 9.17) is 9.15 Å². The molecule has 6 nitrogen and oxygen atoms in total. The Kier molecular flexibility index (Phi) is 4.49. The molecule has 1 aromatic carbocycles. The van der Waals surface area contributed by atoms with E-state index in [9.17, 15) is 5.26 Å². The van der Waals surface area contributed by atoms with Gasteiger partial charge in [-0.15, -0.1) is 0 Å². The Bertz CT molecular complexity index is 712. The lowest BCUT2D eigenvalue weighted by Crippen LogP contribution is -3.14. The number of nitrogens with one attached hydrogen (secondary N) is 1. The quantitative estimate of drug-likeness (QED) is 0.910. The predicted molar refractivity (Wildman–Crippen MR) is 86.7 cm³/mol. The lowest BCUT2D eigenvalue weighted by molar-refractivity contribution is -0.898. The number of ether oxygens (including phenoxy) is 1. The van der Waals surface area contributed by atoms with Gasteiger partial charge in [-0.05, 0) is 19.1 Å². The van der Waals surface area contributed by atoms with Crippen LogP contribution in [0.3, 0.4) is 0 Å². The molecule has 2 aromatic rings. The Hall–Kier alpha value is -2.52. The zero-order valence-corrected chi connectivity index (χ0v) is 13.5. The number of oxazole rings is 1. The second-order valence-electron chi connectivity index (χ2n) is 5.58. The highest BCUT2D eigenvalue weighted by Gasteiger charge is 2.26. The lowest BCUT2D eigenvalue weighted by Gasteiger charge is -2.31. The minimum absolute atomic E-state index is 0.339. The molecule has 1 aliphatic heterocycles. The van der Waals surface area contributed by atoms with Crippen LogP contribution < -0.4 is 14.5 Å². The number of methoxy groups -OCH3 is 1. The van der Waals surface area contributed by atoms with E-state index in [0.29, 0.717) is 23.2 Å². The Balaban J connectivity index is 1.91. The Morgan fingerprint density at radius 1 is 1.35 bits per heavy atom. The molecule has 1 fully saturated rings. The first kappa shape index (κ1) is 15.4. The summed E-state index contributed by atoms with van der Waals surface area (Å²) in [5.74, 6) is 1.69. The van der Waals surface area contributed by atoms with Gasteiger partial charge >= 0.3 is 0 Å². The van der Waals surface area contributed by atoms with Crippen LogP contribution in [0.1, 0.15) is 12.6 Å². The first-order valence-corrected chi connectivity index (χ1v) is 7.89. The summed E-state index contributed by atoms with van der Waals surface area (Å²) in [6, 6.07) is 9.68. The van der Waals surface area contributed by atoms with E-state index < -0.39 is 0 Å². The number of nitriles is 1. The van der Waals surface area contributed by atoms with Gasteiger partial charge in [0, 0.05) is 0 Å². The maximum Gasteiger partial charge on any atom is 0.235 e. The fraction of sp³-hybridized carbons (Fsp3) is 0.412.